The molecule has 134 valence electrons. The third-order valence-corrected chi connectivity index (χ3v) is 5.98. The van der Waals surface area contributed by atoms with Gasteiger partial charge in [0, 0.05) is 28.0 Å². The lowest BCUT2D eigenvalue weighted by molar-refractivity contribution is 0.0942. The summed E-state index contributed by atoms with van der Waals surface area (Å²) in [7, 11) is 0. The van der Waals surface area contributed by atoms with Crippen molar-refractivity contribution >= 4 is 29.0 Å². The second-order valence-electron chi connectivity index (χ2n) is 6.70. The summed E-state index contributed by atoms with van der Waals surface area (Å²) in [5.41, 5.74) is 4.68. The van der Waals surface area contributed by atoms with Crippen molar-refractivity contribution in [3.05, 3.63) is 82.3 Å². The Labute approximate surface area is 162 Å². The van der Waals surface area contributed by atoms with E-state index in [9.17, 15) is 4.79 Å². The van der Waals surface area contributed by atoms with E-state index < -0.39 is 0 Å². The fraction of sp³-hybridized carbons (Fsp3) is 0.238. The summed E-state index contributed by atoms with van der Waals surface area (Å²) in [5.74, 6) is 0.735. The Morgan fingerprint density at radius 3 is 2.58 bits per heavy atom. The Bertz CT molecular complexity index is 845. The number of carbonyl (C=O) groups is 1. The van der Waals surface area contributed by atoms with Crippen LogP contribution in [0.2, 0.25) is 0 Å². The summed E-state index contributed by atoms with van der Waals surface area (Å²) in [6.45, 7) is 4.87. The SMILES string of the molecule is CC(C)(CNC(=O)c1ccccc1SCc1cscn1)c1ccccc1. The number of thiazole rings is 1. The molecular formula is C21H22N2OS2. The van der Waals surface area contributed by atoms with Crippen molar-refractivity contribution in [1.29, 1.82) is 0 Å². The molecule has 0 atom stereocenters. The number of nitrogens with zero attached hydrogens (tertiary/aromatic N) is 1. The van der Waals surface area contributed by atoms with Crippen LogP contribution < -0.4 is 5.32 Å². The van der Waals surface area contributed by atoms with Gasteiger partial charge in [-0.15, -0.1) is 23.1 Å². The van der Waals surface area contributed by atoms with Gasteiger partial charge in [0.25, 0.3) is 5.91 Å². The Morgan fingerprint density at radius 1 is 1.12 bits per heavy atom. The van der Waals surface area contributed by atoms with Crippen LogP contribution in [0, 0.1) is 0 Å². The first kappa shape index (κ1) is 18.7. The van der Waals surface area contributed by atoms with Crippen molar-refractivity contribution in [1.82, 2.24) is 10.3 Å². The lowest BCUT2D eigenvalue weighted by Crippen LogP contribution is -2.36. The van der Waals surface area contributed by atoms with Crippen molar-refractivity contribution in [2.75, 3.05) is 6.54 Å². The molecule has 0 fully saturated rings. The first-order valence-electron chi connectivity index (χ1n) is 8.49. The third kappa shape index (κ3) is 4.74. The van der Waals surface area contributed by atoms with Crippen LogP contribution in [0.5, 0.6) is 0 Å². The zero-order valence-electron chi connectivity index (χ0n) is 14.9. The van der Waals surface area contributed by atoms with Gasteiger partial charge in [0.1, 0.15) is 0 Å². The number of rotatable bonds is 7. The molecule has 3 rings (SSSR count). The van der Waals surface area contributed by atoms with E-state index in [1.807, 2.05) is 53.4 Å². The highest BCUT2D eigenvalue weighted by Gasteiger charge is 2.22. The van der Waals surface area contributed by atoms with E-state index >= 15 is 0 Å². The van der Waals surface area contributed by atoms with Gasteiger partial charge >= 0.3 is 0 Å². The van der Waals surface area contributed by atoms with Crippen LogP contribution >= 0.6 is 23.1 Å². The van der Waals surface area contributed by atoms with E-state index in [1.165, 1.54) is 5.56 Å². The predicted molar refractivity (Wildman–Crippen MR) is 110 cm³/mol. The number of hydrogen-bond donors (Lipinski definition) is 1. The predicted octanol–water partition coefficient (Wildman–Crippen LogP) is 5.14. The number of benzene rings is 2. The molecule has 0 unspecified atom stereocenters. The molecule has 1 amide bonds. The zero-order valence-corrected chi connectivity index (χ0v) is 16.6. The van der Waals surface area contributed by atoms with Gasteiger partial charge in [-0.25, -0.2) is 4.98 Å². The molecular weight excluding hydrogens is 360 g/mol. The van der Waals surface area contributed by atoms with Crippen LogP contribution in [0.15, 0.2) is 70.4 Å². The fourth-order valence-corrected chi connectivity index (χ4v) is 4.24. The maximum absolute atomic E-state index is 12.8. The highest BCUT2D eigenvalue weighted by molar-refractivity contribution is 7.98. The standard InChI is InChI=1S/C21H22N2OS2/c1-21(2,16-8-4-3-5-9-16)14-22-20(24)18-10-6-7-11-19(18)26-13-17-12-25-15-23-17/h3-12,15H,13-14H2,1-2H3,(H,22,24). The average molecular weight is 383 g/mol. The number of nitrogens with one attached hydrogen (secondary N) is 1. The zero-order chi connectivity index (χ0) is 18.4. The molecule has 1 heterocycles. The maximum Gasteiger partial charge on any atom is 0.252 e. The number of carbonyl (C=O) groups excluding carboxylic acids is 1. The van der Waals surface area contributed by atoms with Crippen LogP contribution in [0.4, 0.5) is 0 Å². The van der Waals surface area contributed by atoms with Gasteiger partial charge < -0.3 is 5.32 Å². The van der Waals surface area contributed by atoms with Gasteiger partial charge in [-0.05, 0) is 17.7 Å². The minimum absolute atomic E-state index is 0.0321. The Kier molecular flexibility index (Phi) is 6.12. The van der Waals surface area contributed by atoms with Gasteiger partial charge in [-0.1, -0.05) is 56.3 Å². The summed E-state index contributed by atoms with van der Waals surface area (Å²) >= 11 is 3.24. The van der Waals surface area contributed by atoms with Crippen molar-refractivity contribution in [2.45, 2.75) is 29.9 Å². The summed E-state index contributed by atoms with van der Waals surface area (Å²) in [6.07, 6.45) is 0. The molecule has 0 aliphatic rings. The molecule has 0 bridgehead atoms. The molecule has 0 aliphatic heterocycles. The number of hydrogen-bond acceptors (Lipinski definition) is 4. The lowest BCUT2D eigenvalue weighted by Gasteiger charge is -2.25. The van der Waals surface area contributed by atoms with Crippen LogP contribution in [0.3, 0.4) is 0 Å². The van der Waals surface area contributed by atoms with Crippen LogP contribution in [0.1, 0.15) is 35.5 Å². The van der Waals surface area contributed by atoms with Crippen molar-refractivity contribution in [3.8, 4) is 0 Å². The van der Waals surface area contributed by atoms with E-state index in [2.05, 4.69) is 36.3 Å². The maximum atomic E-state index is 12.8. The van der Waals surface area contributed by atoms with E-state index in [4.69, 9.17) is 0 Å². The molecule has 5 heteroatoms. The topological polar surface area (TPSA) is 42.0 Å². The van der Waals surface area contributed by atoms with Gasteiger partial charge in [-0.3, -0.25) is 4.79 Å². The molecule has 26 heavy (non-hydrogen) atoms. The summed E-state index contributed by atoms with van der Waals surface area (Å²) in [4.78, 5) is 18.1. The molecule has 2 aromatic carbocycles. The van der Waals surface area contributed by atoms with Crippen LogP contribution in [-0.2, 0) is 11.2 Å². The first-order chi connectivity index (χ1) is 12.6. The van der Waals surface area contributed by atoms with Crippen molar-refractivity contribution in [3.63, 3.8) is 0 Å². The Balaban J connectivity index is 1.66. The van der Waals surface area contributed by atoms with E-state index in [1.54, 1.807) is 23.1 Å². The molecule has 0 aliphatic carbocycles. The molecule has 3 nitrogen and oxygen atoms in total. The molecule has 3 aromatic rings. The minimum atomic E-state index is -0.125. The fourth-order valence-electron chi connectivity index (χ4n) is 2.63. The van der Waals surface area contributed by atoms with E-state index in [-0.39, 0.29) is 11.3 Å². The van der Waals surface area contributed by atoms with Gasteiger partial charge in [0.2, 0.25) is 0 Å². The quantitative estimate of drug-likeness (QED) is 0.575. The van der Waals surface area contributed by atoms with Crippen molar-refractivity contribution < 1.29 is 4.79 Å². The van der Waals surface area contributed by atoms with Crippen LogP contribution in [0.25, 0.3) is 0 Å². The molecule has 0 saturated heterocycles. The van der Waals surface area contributed by atoms with E-state index in [0.29, 0.717) is 6.54 Å². The largest absolute Gasteiger partial charge is 0.351 e. The number of aromatic nitrogens is 1. The van der Waals surface area contributed by atoms with Crippen LogP contribution in [-0.4, -0.2) is 17.4 Å². The highest BCUT2D eigenvalue weighted by Crippen LogP contribution is 2.27. The average Bonchev–Trinajstić information content (AvgIpc) is 3.19. The second-order valence-corrected chi connectivity index (χ2v) is 8.43. The smallest absolute Gasteiger partial charge is 0.252 e. The van der Waals surface area contributed by atoms with Crippen molar-refractivity contribution in [2.24, 2.45) is 0 Å². The third-order valence-electron chi connectivity index (χ3n) is 4.24. The molecule has 1 N–H and O–H groups in total. The number of amides is 1. The molecule has 1 aromatic heterocycles. The van der Waals surface area contributed by atoms with Gasteiger partial charge in [-0.2, -0.15) is 0 Å². The molecule has 0 radical (unpaired) electrons. The van der Waals surface area contributed by atoms with Gasteiger partial charge in [0.05, 0.1) is 16.8 Å². The number of thioether (sulfide) groups is 1. The summed E-state index contributed by atoms with van der Waals surface area (Å²) < 4.78 is 0. The first-order valence-corrected chi connectivity index (χ1v) is 10.4. The lowest BCUT2D eigenvalue weighted by atomic mass is 9.84. The molecule has 0 spiro atoms. The van der Waals surface area contributed by atoms with Gasteiger partial charge in [0.15, 0.2) is 0 Å². The minimum Gasteiger partial charge on any atom is -0.351 e. The summed E-state index contributed by atoms with van der Waals surface area (Å²) in [6, 6.07) is 18.0. The Hall–Kier alpha value is -2.11. The summed E-state index contributed by atoms with van der Waals surface area (Å²) in [5, 5.41) is 5.15. The monoisotopic (exact) mass is 382 g/mol. The Morgan fingerprint density at radius 2 is 1.85 bits per heavy atom. The highest BCUT2D eigenvalue weighted by atomic mass is 32.2. The molecule has 0 saturated carbocycles. The van der Waals surface area contributed by atoms with E-state index in [0.717, 1.165) is 21.9 Å². The second kappa shape index (κ2) is 8.52. The normalized spacial score (nSPS) is 11.3.